The lowest BCUT2D eigenvalue weighted by Gasteiger charge is -2.34. The highest BCUT2D eigenvalue weighted by molar-refractivity contribution is 5.92. The summed E-state index contributed by atoms with van der Waals surface area (Å²) in [7, 11) is 0. The molecule has 0 unspecified atom stereocenters. The molecule has 0 spiro atoms. The summed E-state index contributed by atoms with van der Waals surface area (Å²) in [5, 5.41) is 9.83. The van der Waals surface area contributed by atoms with Crippen molar-refractivity contribution in [3.05, 3.63) is 142 Å². The first kappa shape index (κ1) is 30.4. The van der Waals surface area contributed by atoms with Crippen LogP contribution in [0.25, 0.3) is 11.1 Å². The van der Waals surface area contributed by atoms with Gasteiger partial charge in [-0.3, -0.25) is 9.59 Å². The van der Waals surface area contributed by atoms with Crippen molar-refractivity contribution in [2.75, 3.05) is 6.54 Å². The highest BCUT2D eigenvalue weighted by Crippen LogP contribution is 2.31. The molecule has 43 heavy (non-hydrogen) atoms. The zero-order chi connectivity index (χ0) is 30.6. The first-order valence-electron chi connectivity index (χ1n) is 13.9. The minimum Gasteiger partial charge on any atom is -0.368 e. The van der Waals surface area contributed by atoms with Crippen molar-refractivity contribution in [2.24, 2.45) is 16.5 Å². The third kappa shape index (κ3) is 8.26. The van der Waals surface area contributed by atoms with E-state index in [1.165, 1.54) is 0 Å². The van der Waals surface area contributed by atoms with Gasteiger partial charge >= 0.3 is 0 Å². The number of aliphatic imine (C=N–C) groups is 1. The van der Waals surface area contributed by atoms with Gasteiger partial charge < -0.3 is 16.4 Å². The second-order valence-corrected chi connectivity index (χ2v) is 9.94. The van der Waals surface area contributed by atoms with E-state index in [4.69, 9.17) is 11.5 Å². The summed E-state index contributed by atoms with van der Waals surface area (Å²) < 4.78 is 0. The van der Waals surface area contributed by atoms with Crippen LogP contribution < -0.4 is 16.9 Å². The van der Waals surface area contributed by atoms with Crippen LogP contribution in [-0.2, 0) is 16.1 Å². The van der Waals surface area contributed by atoms with Gasteiger partial charge in [-0.15, -0.1) is 0 Å². The van der Waals surface area contributed by atoms with Crippen LogP contribution in [0.2, 0.25) is 0 Å². The van der Waals surface area contributed by atoms with Gasteiger partial charge in [0.1, 0.15) is 6.04 Å². The fraction of sp³-hybridized carbons (Fsp3) is 0.182. The van der Waals surface area contributed by atoms with Gasteiger partial charge in [0, 0.05) is 13.1 Å². The second-order valence-electron chi connectivity index (χ2n) is 9.94. The van der Waals surface area contributed by atoms with E-state index in [-0.39, 0.29) is 31.4 Å². The number of nitro groups is 1. The van der Waals surface area contributed by atoms with E-state index in [1.807, 2.05) is 115 Å². The topological polar surface area (TPSA) is 157 Å². The Kier molecular flexibility index (Phi) is 10.6. The molecule has 5 N–H and O–H groups in total. The van der Waals surface area contributed by atoms with Gasteiger partial charge in [0.25, 0.3) is 5.96 Å². The number of hydrazine groups is 1. The molecule has 0 aliphatic heterocycles. The molecule has 0 heterocycles. The minimum atomic E-state index is -0.980. The van der Waals surface area contributed by atoms with Gasteiger partial charge in [-0.25, -0.2) is 15.1 Å². The molecule has 220 valence electrons. The SMILES string of the molecule is NC(=O)[C@@H](CCCN=C(N)N[N+](=O)[O-])N(Cc1ccccc1-c1ccccc1)C(=O)C(c1ccccc1)c1ccccc1. The lowest BCUT2D eigenvalue weighted by molar-refractivity contribution is -0.525. The Balaban J connectivity index is 1.74. The number of hydrogen-bond acceptors (Lipinski definition) is 5. The van der Waals surface area contributed by atoms with Crippen LogP contribution in [0.3, 0.4) is 0 Å². The van der Waals surface area contributed by atoms with Gasteiger partial charge in [0.2, 0.25) is 11.8 Å². The lowest BCUT2D eigenvalue weighted by Crippen LogP contribution is -2.49. The molecule has 0 saturated carbocycles. The average molecular weight is 579 g/mol. The zero-order valence-corrected chi connectivity index (χ0v) is 23.6. The average Bonchev–Trinajstić information content (AvgIpc) is 3.01. The molecule has 4 rings (SSSR count). The van der Waals surface area contributed by atoms with Crippen LogP contribution in [-0.4, -0.2) is 40.3 Å². The maximum absolute atomic E-state index is 14.7. The number of primary amides is 1. The van der Waals surface area contributed by atoms with Crippen molar-refractivity contribution in [1.29, 1.82) is 0 Å². The summed E-state index contributed by atoms with van der Waals surface area (Å²) in [6, 6.07) is 35.4. The summed E-state index contributed by atoms with van der Waals surface area (Å²) in [6.45, 7) is 0.224. The summed E-state index contributed by atoms with van der Waals surface area (Å²) >= 11 is 0. The summed E-state index contributed by atoms with van der Waals surface area (Å²) in [6.07, 6.45) is 0.485. The third-order valence-electron chi connectivity index (χ3n) is 7.07. The van der Waals surface area contributed by atoms with Crippen molar-refractivity contribution in [1.82, 2.24) is 10.3 Å². The van der Waals surface area contributed by atoms with Crippen molar-refractivity contribution < 1.29 is 14.6 Å². The number of nitrogens with two attached hydrogens (primary N) is 2. The van der Waals surface area contributed by atoms with Crippen LogP contribution in [0.5, 0.6) is 0 Å². The number of carbonyl (C=O) groups is 2. The van der Waals surface area contributed by atoms with Gasteiger partial charge in [-0.1, -0.05) is 121 Å². The van der Waals surface area contributed by atoms with E-state index < -0.39 is 22.9 Å². The lowest BCUT2D eigenvalue weighted by atomic mass is 9.88. The molecule has 10 heteroatoms. The van der Waals surface area contributed by atoms with E-state index in [1.54, 1.807) is 10.3 Å². The third-order valence-corrected chi connectivity index (χ3v) is 7.07. The number of benzene rings is 4. The molecular formula is C33H34N6O4. The molecule has 4 aromatic rings. The Hall–Kier alpha value is -5.51. The number of nitrogens with zero attached hydrogens (tertiary/aromatic N) is 3. The molecule has 4 aromatic carbocycles. The van der Waals surface area contributed by atoms with Crippen molar-refractivity contribution >= 4 is 17.8 Å². The van der Waals surface area contributed by atoms with Gasteiger partial charge in [0.05, 0.1) is 5.92 Å². The van der Waals surface area contributed by atoms with Crippen LogP contribution in [0, 0.1) is 10.1 Å². The standard InChI is InChI=1S/C33H34N6O4/c34-31(40)29(21-12-22-36-33(35)37-39(42)43)38(23-27-19-10-11-20-28(27)24-13-4-1-5-14-24)32(41)30(25-15-6-2-7-16-25)26-17-8-3-9-18-26/h1-11,13-20,29-30H,12,21-23H2,(H2,34,40)(H3,35,36,37)/t29-/m1/s1. The quantitative estimate of drug-likeness (QED) is 0.0708. The van der Waals surface area contributed by atoms with Gasteiger partial charge in [-0.2, -0.15) is 0 Å². The molecule has 2 amide bonds. The molecule has 0 aliphatic carbocycles. The Morgan fingerprint density at radius 3 is 1.91 bits per heavy atom. The van der Waals surface area contributed by atoms with Crippen molar-refractivity contribution in [3.8, 4) is 11.1 Å². The Labute approximate surface area is 250 Å². The van der Waals surface area contributed by atoms with Crippen LogP contribution >= 0.6 is 0 Å². The van der Waals surface area contributed by atoms with Crippen LogP contribution in [0.4, 0.5) is 0 Å². The van der Waals surface area contributed by atoms with Crippen molar-refractivity contribution in [3.63, 3.8) is 0 Å². The molecule has 1 atom stereocenters. The fourth-order valence-corrected chi connectivity index (χ4v) is 5.08. The Bertz CT molecular complexity index is 1510. The number of rotatable bonds is 13. The van der Waals surface area contributed by atoms with Crippen LogP contribution in [0.1, 0.15) is 35.4 Å². The predicted molar refractivity (Wildman–Crippen MR) is 166 cm³/mol. The van der Waals surface area contributed by atoms with E-state index in [0.717, 1.165) is 27.8 Å². The number of guanidine groups is 1. The smallest absolute Gasteiger partial charge is 0.251 e. The summed E-state index contributed by atoms with van der Waals surface area (Å²) in [5.74, 6) is -1.97. The Morgan fingerprint density at radius 2 is 1.35 bits per heavy atom. The second kappa shape index (κ2) is 14.9. The number of nitrogens with one attached hydrogen (secondary N) is 1. The number of carbonyl (C=O) groups excluding carboxylic acids is 2. The van der Waals surface area contributed by atoms with Gasteiger partial charge in [-0.05, 0) is 40.7 Å². The monoisotopic (exact) mass is 578 g/mol. The zero-order valence-electron chi connectivity index (χ0n) is 23.6. The molecule has 0 saturated heterocycles. The molecular weight excluding hydrogens is 544 g/mol. The summed E-state index contributed by atoms with van der Waals surface area (Å²) in [5.41, 5.74) is 17.6. The highest BCUT2D eigenvalue weighted by Gasteiger charge is 2.34. The molecule has 0 bridgehead atoms. The summed E-state index contributed by atoms with van der Waals surface area (Å²) in [4.78, 5) is 43.9. The normalized spacial score (nSPS) is 12.0. The Morgan fingerprint density at radius 1 is 0.814 bits per heavy atom. The van der Waals surface area contributed by atoms with E-state index in [0.29, 0.717) is 6.42 Å². The van der Waals surface area contributed by atoms with Crippen LogP contribution in [0.15, 0.2) is 120 Å². The molecule has 0 aromatic heterocycles. The molecule has 0 fully saturated rings. The maximum Gasteiger partial charge on any atom is 0.251 e. The minimum absolute atomic E-state index is 0.0971. The van der Waals surface area contributed by atoms with Crippen molar-refractivity contribution in [2.45, 2.75) is 31.3 Å². The maximum atomic E-state index is 14.7. The highest BCUT2D eigenvalue weighted by atomic mass is 16.7. The first-order chi connectivity index (χ1) is 20.8. The van der Waals surface area contributed by atoms with E-state index in [9.17, 15) is 19.7 Å². The molecule has 0 aliphatic rings. The number of hydrogen-bond donors (Lipinski definition) is 3. The predicted octanol–water partition coefficient (Wildman–Crippen LogP) is 4.24. The molecule has 10 nitrogen and oxygen atoms in total. The fourth-order valence-electron chi connectivity index (χ4n) is 5.08. The first-order valence-corrected chi connectivity index (χ1v) is 13.9. The number of amides is 2. The van der Waals surface area contributed by atoms with E-state index in [2.05, 4.69) is 4.99 Å². The van der Waals surface area contributed by atoms with Gasteiger partial charge in [0.15, 0.2) is 5.03 Å². The van der Waals surface area contributed by atoms with E-state index >= 15 is 0 Å². The largest absolute Gasteiger partial charge is 0.368 e. The molecule has 0 radical (unpaired) electrons.